The molecule has 22 heavy (non-hydrogen) atoms. The molecule has 5 heteroatoms. The van der Waals surface area contributed by atoms with Gasteiger partial charge in [-0.05, 0) is 31.4 Å². The average Bonchev–Trinajstić information content (AvgIpc) is 2.98. The molecule has 1 atom stereocenters. The lowest BCUT2D eigenvalue weighted by Crippen LogP contribution is -2.49. The number of hydrogen-bond acceptors (Lipinski definition) is 3. The Labute approximate surface area is 130 Å². The van der Waals surface area contributed by atoms with Crippen LogP contribution in [0, 0.1) is 5.41 Å². The number of aliphatic carboxylic acids is 1. The Morgan fingerprint density at radius 1 is 1.23 bits per heavy atom. The number of carbonyl (C=O) groups is 2. The minimum atomic E-state index is -1.00. The molecule has 1 fully saturated rings. The number of carboxylic acids is 1. The van der Waals surface area contributed by atoms with Crippen LogP contribution in [0.1, 0.15) is 37.7 Å². The van der Waals surface area contributed by atoms with Crippen LogP contribution in [-0.2, 0) is 16.0 Å². The van der Waals surface area contributed by atoms with Crippen LogP contribution in [-0.4, -0.2) is 29.6 Å². The second-order valence-corrected chi connectivity index (χ2v) is 6.08. The van der Waals surface area contributed by atoms with Crippen LogP contribution in [0.15, 0.2) is 30.3 Å². The van der Waals surface area contributed by atoms with Crippen molar-refractivity contribution in [1.29, 1.82) is 0 Å². The largest absolute Gasteiger partial charge is 0.480 e. The maximum atomic E-state index is 12.6. The fourth-order valence-corrected chi connectivity index (χ4v) is 3.28. The third-order valence-corrected chi connectivity index (χ3v) is 4.55. The van der Waals surface area contributed by atoms with Crippen LogP contribution in [0.3, 0.4) is 0 Å². The summed E-state index contributed by atoms with van der Waals surface area (Å²) < 4.78 is 0. The first-order valence-corrected chi connectivity index (χ1v) is 7.85. The minimum absolute atomic E-state index is 0.154. The van der Waals surface area contributed by atoms with Gasteiger partial charge in [0.1, 0.15) is 6.04 Å². The number of nitrogens with two attached hydrogens (primary N) is 1. The third-order valence-electron chi connectivity index (χ3n) is 4.55. The van der Waals surface area contributed by atoms with Crippen molar-refractivity contribution in [2.75, 3.05) is 6.54 Å². The van der Waals surface area contributed by atoms with Crippen LogP contribution in [0.2, 0.25) is 0 Å². The Morgan fingerprint density at radius 3 is 2.41 bits per heavy atom. The van der Waals surface area contributed by atoms with Crippen molar-refractivity contribution >= 4 is 11.9 Å². The summed E-state index contributed by atoms with van der Waals surface area (Å²) in [5, 5.41) is 12.1. The second kappa shape index (κ2) is 7.40. The summed E-state index contributed by atoms with van der Waals surface area (Å²) in [5.74, 6) is -1.16. The summed E-state index contributed by atoms with van der Waals surface area (Å²) in [6, 6.07) is 8.45. The van der Waals surface area contributed by atoms with Gasteiger partial charge in [-0.3, -0.25) is 4.79 Å². The van der Waals surface area contributed by atoms with Gasteiger partial charge in [-0.15, -0.1) is 0 Å². The number of hydrogen-bond donors (Lipinski definition) is 3. The molecule has 1 amide bonds. The van der Waals surface area contributed by atoms with Gasteiger partial charge in [0.05, 0.1) is 5.41 Å². The second-order valence-electron chi connectivity index (χ2n) is 6.08. The first kappa shape index (κ1) is 16.5. The van der Waals surface area contributed by atoms with Crippen molar-refractivity contribution in [2.24, 2.45) is 11.1 Å². The summed E-state index contributed by atoms with van der Waals surface area (Å²) >= 11 is 0. The molecule has 4 N–H and O–H groups in total. The molecule has 2 rings (SSSR count). The number of carboxylic acid groups (broad SMARTS) is 1. The fraction of sp³-hybridized carbons (Fsp3) is 0.529. The smallest absolute Gasteiger partial charge is 0.326 e. The van der Waals surface area contributed by atoms with E-state index in [2.05, 4.69) is 5.32 Å². The average molecular weight is 304 g/mol. The summed E-state index contributed by atoms with van der Waals surface area (Å²) in [5.41, 5.74) is 6.07. The first-order valence-electron chi connectivity index (χ1n) is 7.85. The predicted octanol–water partition coefficient (Wildman–Crippen LogP) is 1.71. The van der Waals surface area contributed by atoms with E-state index in [0.29, 0.717) is 19.4 Å². The molecule has 0 heterocycles. The predicted molar refractivity (Wildman–Crippen MR) is 84.3 cm³/mol. The maximum absolute atomic E-state index is 12.6. The van der Waals surface area contributed by atoms with E-state index in [4.69, 9.17) is 5.73 Å². The van der Waals surface area contributed by atoms with E-state index in [-0.39, 0.29) is 5.91 Å². The van der Waals surface area contributed by atoms with Crippen LogP contribution in [0.5, 0.6) is 0 Å². The molecule has 1 aliphatic carbocycles. The SMILES string of the molecule is NCCC1(C(=O)N[C@@H](Cc2ccccc2)C(=O)O)CCCC1. The van der Waals surface area contributed by atoms with Crippen LogP contribution in [0.25, 0.3) is 0 Å². The van der Waals surface area contributed by atoms with Gasteiger partial charge in [-0.2, -0.15) is 0 Å². The molecule has 0 bridgehead atoms. The normalized spacial score (nSPS) is 17.9. The van der Waals surface area contributed by atoms with Crippen molar-refractivity contribution in [3.8, 4) is 0 Å². The van der Waals surface area contributed by atoms with Gasteiger partial charge >= 0.3 is 5.97 Å². The molecular formula is C17H24N2O3. The Morgan fingerprint density at radius 2 is 1.86 bits per heavy atom. The Kier molecular flexibility index (Phi) is 5.55. The standard InChI is InChI=1S/C17H24N2O3/c18-11-10-17(8-4-5-9-17)16(22)19-14(15(20)21)12-13-6-2-1-3-7-13/h1-3,6-7,14H,4-5,8-12,18H2,(H,19,22)(H,20,21)/t14-/m0/s1. The molecule has 0 aliphatic heterocycles. The number of benzene rings is 1. The van der Waals surface area contributed by atoms with E-state index in [9.17, 15) is 14.7 Å². The molecule has 0 radical (unpaired) electrons. The third kappa shape index (κ3) is 3.85. The van der Waals surface area contributed by atoms with Gasteiger partial charge in [0.25, 0.3) is 0 Å². The molecular weight excluding hydrogens is 280 g/mol. The lowest BCUT2D eigenvalue weighted by Gasteiger charge is -2.29. The van der Waals surface area contributed by atoms with Gasteiger partial charge in [-0.25, -0.2) is 4.79 Å². The van der Waals surface area contributed by atoms with Gasteiger partial charge in [0, 0.05) is 6.42 Å². The maximum Gasteiger partial charge on any atom is 0.326 e. The van der Waals surface area contributed by atoms with Crippen molar-refractivity contribution in [2.45, 2.75) is 44.6 Å². The van der Waals surface area contributed by atoms with E-state index < -0.39 is 17.4 Å². The number of nitrogens with one attached hydrogen (secondary N) is 1. The van der Waals surface area contributed by atoms with Gasteiger partial charge in [0.15, 0.2) is 0 Å². The topological polar surface area (TPSA) is 92.4 Å². The minimum Gasteiger partial charge on any atom is -0.480 e. The quantitative estimate of drug-likeness (QED) is 0.715. The molecule has 1 aromatic rings. The molecule has 120 valence electrons. The summed E-state index contributed by atoms with van der Waals surface area (Å²) in [4.78, 5) is 24.1. The Bertz CT molecular complexity index is 510. The van der Waals surface area contributed by atoms with Crippen molar-refractivity contribution < 1.29 is 14.7 Å². The monoisotopic (exact) mass is 304 g/mol. The zero-order valence-electron chi connectivity index (χ0n) is 12.8. The molecule has 0 unspecified atom stereocenters. The number of rotatable bonds is 7. The summed E-state index contributed by atoms with van der Waals surface area (Å²) in [6.07, 6.45) is 4.52. The van der Waals surface area contributed by atoms with E-state index in [1.165, 1.54) is 0 Å². The molecule has 0 saturated heterocycles. The van der Waals surface area contributed by atoms with Gasteiger partial charge in [-0.1, -0.05) is 43.2 Å². The van der Waals surface area contributed by atoms with Crippen molar-refractivity contribution in [3.05, 3.63) is 35.9 Å². The molecule has 1 aromatic carbocycles. The Hall–Kier alpha value is -1.88. The summed E-state index contributed by atoms with van der Waals surface area (Å²) in [6.45, 7) is 0.448. The van der Waals surface area contributed by atoms with Crippen molar-refractivity contribution in [3.63, 3.8) is 0 Å². The highest BCUT2D eigenvalue weighted by atomic mass is 16.4. The van der Waals surface area contributed by atoms with Gasteiger partial charge < -0.3 is 16.2 Å². The lowest BCUT2D eigenvalue weighted by atomic mass is 9.81. The number of carbonyl (C=O) groups excluding carboxylic acids is 1. The molecule has 0 spiro atoms. The zero-order valence-corrected chi connectivity index (χ0v) is 12.8. The van der Waals surface area contributed by atoms with E-state index in [1.54, 1.807) is 0 Å². The first-order chi connectivity index (χ1) is 10.6. The number of amides is 1. The fourth-order valence-electron chi connectivity index (χ4n) is 3.28. The molecule has 1 saturated carbocycles. The van der Waals surface area contributed by atoms with Crippen molar-refractivity contribution in [1.82, 2.24) is 5.32 Å². The molecule has 1 aliphatic rings. The lowest BCUT2D eigenvalue weighted by molar-refractivity contribution is -0.144. The highest BCUT2D eigenvalue weighted by molar-refractivity contribution is 5.87. The summed E-state index contributed by atoms with van der Waals surface area (Å²) in [7, 11) is 0. The van der Waals surface area contributed by atoms with E-state index >= 15 is 0 Å². The molecule has 0 aromatic heterocycles. The zero-order chi connectivity index (χ0) is 16.0. The highest BCUT2D eigenvalue weighted by Gasteiger charge is 2.41. The van der Waals surface area contributed by atoms with Crippen LogP contribution >= 0.6 is 0 Å². The molecule has 5 nitrogen and oxygen atoms in total. The van der Waals surface area contributed by atoms with Crippen LogP contribution in [0.4, 0.5) is 0 Å². The van der Waals surface area contributed by atoms with Crippen LogP contribution < -0.4 is 11.1 Å². The van der Waals surface area contributed by atoms with Gasteiger partial charge in [0.2, 0.25) is 5.91 Å². The van der Waals surface area contributed by atoms with E-state index in [0.717, 1.165) is 31.2 Å². The van der Waals surface area contributed by atoms with E-state index in [1.807, 2.05) is 30.3 Å². The Balaban J connectivity index is 2.07. The highest BCUT2D eigenvalue weighted by Crippen LogP contribution is 2.41.